The van der Waals surface area contributed by atoms with Gasteiger partial charge in [0, 0.05) is 4.47 Å². The summed E-state index contributed by atoms with van der Waals surface area (Å²) in [6.07, 6.45) is 0. The highest BCUT2D eigenvalue weighted by Crippen LogP contribution is 2.36. The van der Waals surface area contributed by atoms with Gasteiger partial charge in [-0.05, 0) is 57.6 Å². The van der Waals surface area contributed by atoms with E-state index in [1.54, 1.807) is 0 Å². The van der Waals surface area contributed by atoms with E-state index in [2.05, 4.69) is 146 Å². The molecule has 0 unspecified atom stereocenters. The molecule has 4 rings (SSSR count). The molecule has 0 N–H and O–H groups in total. The Morgan fingerprint density at radius 3 is 1.18 bits per heavy atom. The summed E-state index contributed by atoms with van der Waals surface area (Å²) >= 11 is 3.80. The molecule has 0 aliphatic carbocycles. The van der Waals surface area contributed by atoms with Gasteiger partial charge in [-0.25, -0.2) is 0 Å². The van der Waals surface area contributed by atoms with Crippen LogP contribution in [0, 0.1) is 0 Å². The molecule has 0 spiro atoms. The predicted octanol–water partition coefficient (Wildman–Crippen LogP) is 8.54. The van der Waals surface area contributed by atoms with Gasteiger partial charge in [-0.3, -0.25) is 0 Å². The maximum absolute atomic E-state index is 3.80. The van der Waals surface area contributed by atoms with E-state index in [9.17, 15) is 0 Å². The normalized spacial score (nSPS) is 12.1. The third kappa shape index (κ3) is 5.16. The van der Waals surface area contributed by atoms with E-state index in [4.69, 9.17) is 0 Å². The van der Waals surface area contributed by atoms with Crippen molar-refractivity contribution in [2.75, 3.05) is 0 Å². The van der Waals surface area contributed by atoms with Crippen LogP contribution in [-0.2, 0) is 0 Å². The second-order valence-electron chi connectivity index (χ2n) is 10.9. The Labute approximate surface area is 209 Å². The highest BCUT2D eigenvalue weighted by Gasteiger charge is 2.23. The molecule has 4 aromatic rings. The van der Waals surface area contributed by atoms with Gasteiger partial charge in [-0.1, -0.05) is 132 Å². The Kier molecular flexibility index (Phi) is 6.68. The summed E-state index contributed by atoms with van der Waals surface area (Å²) in [4.78, 5) is 0. The van der Waals surface area contributed by atoms with Gasteiger partial charge in [0.1, 0.15) is 0 Å². The van der Waals surface area contributed by atoms with Gasteiger partial charge in [0.15, 0.2) is 0 Å². The van der Waals surface area contributed by atoms with Crippen LogP contribution >= 0.6 is 15.9 Å². The Balaban J connectivity index is 2.04. The van der Waals surface area contributed by atoms with Crippen LogP contribution in [0.4, 0.5) is 0 Å². The lowest BCUT2D eigenvalue weighted by Crippen LogP contribution is -2.39. The minimum atomic E-state index is -1.51. The van der Waals surface area contributed by atoms with Crippen LogP contribution in [0.3, 0.4) is 0 Å². The Morgan fingerprint density at radius 2 is 0.788 bits per heavy atom. The molecule has 4 aromatic carbocycles. The van der Waals surface area contributed by atoms with Crippen LogP contribution in [-0.4, -0.2) is 16.1 Å². The summed E-state index contributed by atoms with van der Waals surface area (Å²) in [6.45, 7) is 14.6. The first-order valence-corrected chi connectivity index (χ1v) is 19.4. The molecule has 0 nitrogen and oxygen atoms in total. The first-order chi connectivity index (χ1) is 15.6. The molecule has 0 amide bonds. The first-order valence-electron chi connectivity index (χ1n) is 11.7. The first kappa shape index (κ1) is 23.9. The van der Waals surface area contributed by atoms with E-state index in [0.29, 0.717) is 0 Å². The molecular weight excluding hydrogens is 496 g/mol. The van der Waals surface area contributed by atoms with Crippen molar-refractivity contribution in [3.05, 3.63) is 95.5 Å². The van der Waals surface area contributed by atoms with E-state index < -0.39 is 16.1 Å². The van der Waals surface area contributed by atoms with E-state index in [1.807, 2.05) is 0 Å². The highest BCUT2D eigenvalue weighted by molar-refractivity contribution is 9.10. The zero-order valence-electron chi connectivity index (χ0n) is 20.5. The third-order valence-corrected chi connectivity index (χ3v) is 11.0. The van der Waals surface area contributed by atoms with Crippen LogP contribution in [0.1, 0.15) is 0 Å². The Morgan fingerprint density at radius 1 is 0.455 bits per heavy atom. The van der Waals surface area contributed by atoms with Gasteiger partial charge in [0.2, 0.25) is 0 Å². The fourth-order valence-electron chi connectivity index (χ4n) is 4.57. The SMILES string of the molecule is C[Si](C)(C)c1ccccc1-c1cc(-c2ccccc2Br)cc(-c2ccccc2[Si](C)(C)C)c1. The lowest BCUT2D eigenvalue weighted by molar-refractivity contribution is 1.55. The van der Waals surface area contributed by atoms with Gasteiger partial charge < -0.3 is 0 Å². The average Bonchev–Trinajstić information content (AvgIpc) is 2.78. The summed E-state index contributed by atoms with van der Waals surface area (Å²) in [7, 11) is -3.02. The standard InChI is InChI=1S/C30H33BrSi2/c1-32(2,3)29-17-11-8-14-26(29)23-19-22(25-13-7-10-16-28(25)31)20-24(21-23)27-15-9-12-18-30(27)33(4,5)6/h7-21H,1-6H3. The van der Waals surface area contributed by atoms with E-state index >= 15 is 0 Å². The van der Waals surface area contributed by atoms with E-state index in [-0.39, 0.29) is 0 Å². The summed E-state index contributed by atoms with van der Waals surface area (Å²) in [5.41, 5.74) is 7.85. The number of hydrogen-bond donors (Lipinski definition) is 0. The topological polar surface area (TPSA) is 0 Å². The second-order valence-corrected chi connectivity index (χ2v) is 21.8. The predicted molar refractivity (Wildman–Crippen MR) is 156 cm³/mol. The molecule has 0 saturated carbocycles. The minimum Gasteiger partial charge on any atom is -0.0656 e. The molecule has 0 aliphatic rings. The van der Waals surface area contributed by atoms with Crippen LogP contribution < -0.4 is 10.4 Å². The smallest absolute Gasteiger partial charge is 0.0656 e. The Bertz CT molecular complexity index is 1220. The monoisotopic (exact) mass is 528 g/mol. The molecule has 33 heavy (non-hydrogen) atoms. The summed E-state index contributed by atoms with van der Waals surface area (Å²) in [5.74, 6) is 0. The fourth-order valence-corrected chi connectivity index (χ4v) is 8.34. The van der Waals surface area contributed by atoms with Crippen LogP contribution in [0.25, 0.3) is 33.4 Å². The molecule has 168 valence electrons. The van der Waals surface area contributed by atoms with Crippen LogP contribution in [0.15, 0.2) is 95.5 Å². The van der Waals surface area contributed by atoms with Gasteiger partial charge in [0.05, 0.1) is 16.1 Å². The van der Waals surface area contributed by atoms with E-state index in [1.165, 1.54) is 43.8 Å². The zero-order chi connectivity index (χ0) is 23.8. The molecule has 0 aromatic heterocycles. The molecule has 0 heterocycles. The molecule has 3 heteroatoms. The van der Waals surface area contributed by atoms with Gasteiger partial charge in [-0.2, -0.15) is 0 Å². The van der Waals surface area contributed by atoms with E-state index in [0.717, 1.165) is 4.47 Å². The Hall–Kier alpha value is -2.21. The fraction of sp³-hybridized carbons (Fsp3) is 0.200. The van der Waals surface area contributed by atoms with Crippen molar-refractivity contribution in [3.63, 3.8) is 0 Å². The lowest BCUT2D eigenvalue weighted by atomic mass is 9.93. The van der Waals surface area contributed by atoms with Gasteiger partial charge in [-0.15, -0.1) is 0 Å². The molecule has 0 bridgehead atoms. The quantitative estimate of drug-likeness (QED) is 0.227. The molecule has 0 radical (unpaired) electrons. The van der Waals surface area contributed by atoms with Gasteiger partial charge in [0.25, 0.3) is 0 Å². The van der Waals surface area contributed by atoms with Crippen molar-refractivity contribution in [1.82, 2.24) is 0 Å². The molecule has 0 aliphatic heterocycles. The molecular formula is C30H33BrSi2. The van der Waals surface area contributed by atoms with Crippen molar-refractivity contribution >= 4 is 42.5 Å². The number of halogens is 1. The number of hydrogen-bond acceptors (Lipinski definition) is 0. The van der Waals surface area contributed by atoms with Crippen LogP contribution in [0.2, 0.25) is 39.3 Å². The van der Waals surface area contributed by atoms with Crippen molar-refractivity contribution in [2.24, 2.45) is 0 Å². The average molecular weight is 530 g/mol. The summed E-state index contributed by atoms with van der Waals surface area (Å²) in [6, 6.07) is 33.7. The summed E-state index contributed by atoms with van der Waals surface area (Å²) in [5, 5.41) is 3.03. The molecule has 0 saturated heterocycles. The third-order valence-electron chi connectivity index (χ3n) is 6.21. The maximum Gasteiger partial charge on any atom is 0.0784 e. The van der Waals surface area contributed by atoms with Gasteiger partial charge >= 0.3 is 0 Å². The van der Waals surface area contributed by atoms with Crippen molar-refractivity contribution in [1.29, 1.82) is 0 Å². The minimum absolute atomic E-state index is 1.13. The summed E-state index contributed by atoms with van der Waals surface area (Å²) < 4.78 is 1.13. The maximum atomic E-state index is 3.80. The van der Waals surface area contributed by atoms with Crippen molar-refractivity contribution < 1.29 is 0 Å². The lowest BCUT2D eigenvalue weighted by Gasteiger charge is -2.24. The van der Waals surface area contributed by atoms with Crippen LogP contribution in [0.5, 0.6) is 0 Å². The molecule has 0 atom stereocenters. The largest absolute Gasteiger partial charge is 0.0784 e. The second kappa shape index (κ2) is 9.21. The van der Waals surface area contributed by atoms with Crippen molar-refractivity contribution in [2.45, 2.75) is 39.3 Å². The number of rotatable bonds is 5. The highest BCUT2D eigenvalue weighted by atomic mass is 79.9. The number of benzene rings is 4. The zero-order valence-corrected chi connectivity index (χ0v) is 24.1. The molecule has 0 fully saturated rings. The van der Waals surface area contributed by atoms with Crippen molar-refractivity contribution in [3.8, 4) is 33.4 Å².